The molecular formula is C13H18ClN3O. The predicted molar refractivity (Wildman–Crippen MR) is 74.0 cm³/mol. The number of rotatable bonds is 1. The molecule has 1 aromatic heterocycles. The number of aromatic nitrogens is 1. The molecule has 2 N–H and O–H groups in total. The lowest BCUT2D eigenvalue weighted by atomic mass is 9.87. The van der Waals surface area contributed by atoms with E-state index in [1.807, 2.05) is 0 Å². The predicted octanol–water partition coefficient (Wildman–Crippen LogP) is 3.29. The van der Waals surface area contributed by atoms with Gasteiger partial charge < -0.3 is 10.6 Å². The number of fused-ring (bicyclic) bond motifs is 1. The quantitative estimate of drug-likeness (QED) is 0.821. The van der Waals surface area contributed by atoms with Crippen molar-refractivity contribution in [3.8, 4) is 0 Å². The van der Waals surface area contributed by atoms with Crippen LogP contribution in [-0.2, 0) is 4.79 Å². The summed E-state index contributed by atoms with van der Waals surface area (Å²) in [5, 5.41) is 6.67. The zero-order valence-electron chi connectivity index (χ0n) is 10.9. The zero-order chi connectivity index (χ0) is 13.3. The number of hydrogen-bond donors (Lipinski definition) is 2. The molecule has 0 aromatic carbocycles. The summed E-state index contributed by atoms with van der Waals surface area (Å²) in [6.45, 7) is 6.48. The maximum Gasteiger partial charge on any atom is 0.226 e. The molecule has 1 aliphatic rings. The fourth-order valence-corrected chi connectivity index (χ4v) is 2.34. The Bertz CT molecular complexity index is 468. The van der Waals surface area contributed by atoms with E-state index >= 15 is 0 Å². The van der Waals surface area contributed by atoms with Gasteiger partial charge in [-0.1, -0.05) is 32.4 Å². The van der Waals surface area contributed by atoms with E-state index in [0.29, 0.717) is 22.9 Å². The highest BCUT2D eigenvalue weighted by Crippen LogP contribution is 2.30. The van der Waals surface area contributed by atoms with Gasteiger partial charge in [0, 0.05) is 18.7 Å². The van der Waals surface area contributed by atoms with Crippen molar-refractivity contribution >= 4 is 29.0 Å². The fourth-order valence-electron chi connectivity index (χ4n) is 2.18. The first kappa shape index (κ1) is 13.1. The van der Waals surface area contributed by atoms with Crippen LogP contribution in [0.15, 0.2) is 12.3 Å². The molecule has 0 radical (unpaired) electrons. The summed E-state index contributed by atoms with van der Waals surface area (Å²) in [5.41, 5.74) is 0.818. The van der Waals surface area contributed by atoms with Crippen molar-refractivity contribution in [2.75, 3.05) is 10.6 Å². The van der Waals surface area contributed by atoms with Crippen molar-refractivity contribution in [3.63, 3.8) is 0 Å². The summed E-state index contributed by atoms with van der Waals surface area (Å²) in [6.07, 6.45) is 2.94. The molecule has 1 atom stereocenters. The molecule has 1 amide bonds. The monoisotopic (exact) mass is 267 g/mol. The second kappa shape index (κ2) is 4.76. The summed E-state index contributed by atoms with van der Waals surface area (Å²) >= 11 is 5.88. The molecule has 0 fully saturated rings. The van der Waals surface area contributed by atoms with Crippen LogP contribution in [0.3, 0.4) is 0 Å². The van der Waals surface area contributed by atoms with Crippen LogP contribution in [0.4, 0.5) is 11.5 Å². The van der Waals surface area contributed by atoms with E-state index < -0.39 is 0 Å². The molecule has 0 saturated heterocycles. The minimum atomic E-state index is -0.000401. The first-order valence-corrected chi connectivity index (χ1v) is 6.43. The molecular weight excluding hydrogens is 250 g/mol. The smallest absolute Gasteiger partial charge is 0.226 e. The molecule has 1 aromatic rings. The maximum absolute atomic E-state index is 11.8. The highest BCUT2D eigenvalue weighted by Gasteiger charge is 2.25. The van der Waals surface area contributed by atoms with Crippen LogP contribution >= 0.6 is 11.6 Å². The number of nitrogens with one attached hydrogen (secondary N) is 2. The first-order chi connectivity index (χ1) is 8.33. The van der Waals surface area contributed by atoms with Crippen LogP contribution in [0.2, 0.25) is 5.02 Å². The average Bonchev–Trinajstić information content (AvgIpc) is 2.32. The van der Waals surface area contributed by atoms with Gasteiger partial charge in [0.2, 0.25) is 5.91 Å². The number of anilines is 2. The lowest BCUT2D eigenvalue weighted by molar-refractivity contribution is -0.116. The van der Waals surface area contributed by atoms with Gasteiger partial charge in [-0.25, -0.2) is 4.98 Å². The molecule has 5 heteroatoms. The van der Waals surface area contributed by atoms with Gasteiger partial charge in [-0.05, 0) is 17.9 Å². The Morgan fingerprint density at radius 3 is 2.89 bits per heavy atom. The second-order valence-corrected chi connectivity index (χ2v) is 6.34. The average molecular weight is 268 g/mol. The van der Waals surface area contributed by atoms with Crippen LogP contribution in [0.25, 0.3) is 0 Å². The van der Waals surface area contributed by atoms with Gasteiger partial charge >= 0.3 is 0 Å². The Morgan fingerprint density at radius 2 is 2.22 bits per heavy atom. The molecule has 2 heterocycles. The van der Waals surface area contributed by atoms with Crippen molar-refractivity contribution in [3.05, 3.63) is 17.3 Å². The molecule has 0 bridgehead atoms. The zero-order valence-corrected chi connectivity index (χ0v) is 11.6. The van der Waals surface area contributed by atoms with Crippen molar-refractivity contribution in [2.24, 2.45) is 5.41 Å². The third-order valence-corrected chi connectivity index (χ3v) is 2.97. The Labute approximate surface area is 112 Å². The SMILES string of the molecule is CC(C)(C)CC1CC(=O)Nc2cc(Cl)cnc2N1. The Hall–Kier alpha value is -1.29. The van der Waals surface area contributed by atoms with Gasteiger partial charge in [-0.3, -0.25) is 4.79 Å². The van der Waals surface area contributed by atoms with Crippen LogP contribution < -0.4 is 10.6 Å². The fraction of sp³-hybridized carbons (Fsp3) is 0.538. The number of pyridine rings is 1. The maximum atomic E-state index is 11.8. The van der Waals surface area contributed by atoms with Crippen molar-refractivity contribution < 1.29 is 4.79 Å². The highest BCUT2D eigenvalue weighted by molar-refractivity contribution is 6.30. The first-order valence-electron chi connectivity index (χ1n) is 6.05. The van der Waals surface area contributed by atoms with Gasteiger partial charge in [-0.15, -0.1) is 0 Å². The van der Waals surface area contributed by atoms with Gasteiger partial charge in [0.05, 0.1) is 10.7 Å². The van der Waals surface area contributed by atoms with E-state index in [9.17, 15) is 4.79 Å². The number of carbonyl (C=O) groups is 1. The molecule has 2 rings (SSSR count). The summed E-state index contributed by atoms with van der Waals surface area (Å²) < 4.78 is 0. The largest absolute Gasteiger partial charge is 0.365 e. The Morgan fingerprint density at radius 1 is 1.50 bits per heavy atom. The highest BCUT2D eigenvalue weighted by atomic mass is 35.5. The van der Waals surface area contributed by atoms with Crippen LogP contribution in [0.1, 0.15) is 33.6 Å². The van der Waals surface area contributed by atoms with Gasteiger partial charge in [0.25, 0.3) is 0 Å². The Kier molecular flexibility index (Phi) is 3.48. The third-order valence-electron chi connectivity index (χ3n) is 2.76. The van der Waals surface area contributed by atoms with Crippen molar-refractivity contribution in [1.29, 1.82) is 0 Å². The molecule has 0 spiro atoms. The molecule has 1 aliphatic heterocycles. The summed E-state index contributed by atoms with van der Waals surface area (Å²) in [5.74, 6) is 0.694. The van der Waals surface area contributed by atoms with E-state index in [1.165, 1.54) is 0 Å². The normalized spacial score (nSPS) is 19.6. The lowest BCUT2D eigenvalue weighted by Gasteiger charge is -2.25. The molecule has 1 unspecified atom stereocenters. The second-order valence-electron chi connectivity index (χ2n) is 5.91. The van der Waals surface area contributed by atoms with Crippen LogP contribution in [0, 0.1) is 5.41 Å². The summed E-state index contributed by atoms with van der Waals surface area (Å²) in [4.78, 5) is 16.1. The van der Waals surface area contributed by atoms with E-state index in [2.05, 4.69) is 36.4 Å². The van der Waals surface area contributed by atoms with Crippen molar-refractivity contribution in [2.45, 2.75) is 39.7 Å². The number of halogens is 1. The van der Waals surface area contributed by atoms with E-state index in [-0.39, 0.29) is 17.4 Å². The third kappa shape index (κ3) is 3.35. The minimum Gasteiger partial charge on any atom is -0.365 e. The van der Waals surface area contributed by atoms with E-state index in [4.69, 9.17) is 11.6 Å². The molecule has 4 nitrogen and oxygen atoms in total. The number of nitrogens with zero attached hydrogens (tertiary/aromatic N) is 1. The number of hydrogen-bond acceptors (Lipinski definition) is 3. The Balaban J connectivity index is 2.24. The minimum absolute atomic E-state index is 0.000401. The summed E-state index contributed by atoms with van der Waals surface area (Å²) in [6, 6.07) is 1.81. The number of amides is 1. The standard InChI is InChI=1S/C13H18ClN3O/c1-13(2,3)6-9-5-11(18)17-10-4-8(14)7-15-12(10)16-9/h4,7,9H,5-6H2,1-3H3,(H,15,16)(H,17,18). The van der Waals surface area contributed by atoms with Gasteiger partial charge in [0.15, 0.2) is 0 Å². The van der Waals surface area contributed by atoms with Crippen molar-refractivity contribution in [1.82, 2.24) is 4.98 Å². The van der Waals surface area contributed by atoms with E-state index in [1.54, 1.807) is 12.3 Å². The van der Waals surface area contributed by atoms with Crippen LogP contribution in [0.5, 0.6) is 0 Å². The molecule has 98 valence electrons. The summed E-state index contributed by atoms with van der Waals surface area (Å²) in [7, 11) is 0. The lowest BCUT2D eigenvalue weighted by Crippen LogP contribution is -2.28. The molecule has 0 saturated carbocycles. The topological polar surface area (TPSA) is 54.0 Å². The van der Waals surface area contributed by atoms with Gasteiger partial charge in [0.1, 0.15) is 5.82 Å². The van der Waals surface area contributed by atoms with Gasteiger partial charge in [-0.2, -0.15) is 0 Å². The number of carbonyl (C=O) groups excluding carboxylic acids is 1. The van der Waals surface area contributed by atoms with Crippen LogP contribution in [-0.4, -0.2) is 16.9 Å². The molecule has 18 heavy (non-hydrogen) atoms. The molecule has 0 aliphatic carbocycles. The van der Waals surface area contributed by atoms with E-state index in [0.717, 1.165) is 6.42 Å².